The average molecular weight is 346 g/mol. The van der Waals surface area contributed by atoms with Crippen molar-refractivity contribution in [3.05, 3.63) is 23.2 Å². The van der Waals surface area contributed by atoms with Crippen molar-refractivity contribution in [3.8, 4) is 0 Å². The molecule has 1 atom stereocenters. The van der Waals surface area contributed by atoms with Crippen LogP contribution in [-0.2, 0) is 0 Å². The zero-order valence-corrected chi connectivity index (χ0v) is 15.4. The average Bonchev–Trinajstić information content (AvgIpc) is 3.17. The summed E-state index contributed by atoms with van der Waals surface area (Å²) in [5, 5.41) is 2.06. The predicted octanol–water partition coefficient (Wildman–Crippen LogP) is 3.81. The summed E-state index contributed by atoms with van der Waals surface area (Å²) in [5.74, 6) is 1.64. The molecular formula is C19H27N3OS. The molecule has 1 aliphatic carbocycles. The number of fused-ring (bicyclic) bond motifs is 1. The number of aromatic nitrogens is 1. The minimum Gasteiger partial charge on any atom is -0.350 e. The molecule has 2 fully saturated rings. The molecule has 0 unspecified atom stereocenters. The highest BCUT2D eigenvalue weighted by Gasteiger charge is 2.33. The summed E-state index contributed by atoms with van der Waals surface area (Å²) >= 11 is 1.69. The molecule has 5 heteroatoms. The van der Waals surface area contributed by atoms with Crippen LogP contribution in [0, 0.1) is 11.8 Å². The minimum absolute atomic E-state index is 0.164. The van der Waals surface area contributed by atoms with Gasteiger partial charge in [0.05, 0.1) is 10.2 Å². The summed E-state index contributed by atoms with van der Waals surface area (Å²) in [5.41, 5.74) is 1.82. The third-order valence-electron chi connectivity index (χ3n) is 5.47. The molecule has 4 rings (SSSR count). The van der Waals surface area contributed by atoms with Crippen molar-refractivity contribution in [1.29, 1.82) is 0 Å². The van der Waals surface area contributed by atoms with Crippen molar-refractivity contribution < 1.29 is 4.79 Å². The maximum absolute atomic E-state index is 13.0. The molecule has 1 amide bonds. The third kappa shape index (κ3) is 3.24. The number of H-pyrrole nitrogens is 1. The van der Waals surface area contributed by atoms with Gasteiger partial charge >= 0.3 is 0 Å². The Balaban J connectivity index is 1.51. The molecule has 2 aliphatic rings. The molecule has 3 heterocycles. The van der Waals surface area contributed by atoms with Crippen LogP contribution in [0.15, 0.2) is 17.5 Å². The van der Waals surface area contributed by atoms with Crippen LogP contribution >= 0.6 is 11.3 Å². The van der Waals surface area contributed by atoms with Crippen LogP contribution in [0.3, 0.4) is 0 Å². The van der Waals surface area contributed by atoms with E-state index < -0.39 is 0 Å². The second-order valence-corrected chi connectivity index (χ2v) is 8.68. The summed E-state index contributed by atoms with van der Waals surface area (Å²) in [7, 11) is 0. The molecule has 4 nitrogen and oxygen atoms in total. The number of rotatable bonds is 4. The lowest BCUT2D eigenvalue weighted by atomic mass is 10.0. The second kappa shape index (κ2) is 6.52. The fourth-order valence-corrected chi connectivity index (χ4v) is 4.66. The van der Waals surface area contributed by atoms with Crippen LogP contribution in [0.4, 0.5) is 0 Å². The fraction of sp³-hybridized carbons (Fsp3) is 0.632. The SMILES string of the molecule is CC(C)[C@@H]1CN(C(=O)c2cc3sccc3[nH]2)CCCN1CC1CC1. The molecular weight excluding hydrogens is 318 g/mol. The number of carbonyl (C=O) groups is 1. The highest BCUT2D eigenvalue weighted by Crippen LogP contribution is 2.32. The van der Waals surface area contributed by atoms with Gasteiger partial charge in [0.15, 0.2) is 0 Å². The lowest BCUT2D eigenvalue weighted by molar-refractivity contribution is 0.0699. The van der Waals surface area contributed by atoms with Crippen molar-refractivity contribution in [1.82, 2.24) is 14.8 Å². The Labute approximate surface area is 147 Å². The van der Waals surface area contributed by atoms with Gasteiger partial charge in [-0.25, -0.2) is 0 Å². The normalized spacial score (nSPS) is 23.1. The van der Waals surface area contributed by atoms with Gasteiger partial charge < -0.3 is 9.88 Å². The number of carbonyl (C=O) groups excluding carboxylic acids is 1. The molecule has 130 valence electrons. The number of nitrogens with zero attached hydrogens (tertiary/aromatic N) is 2. The first kappa shape index (κ1) is 16.2. The number of amides is 1. The molecule has 0 spiro atoms. The van der Waals surface area contributed by atoms with Crippen molar-refractivity contribution in [2.24, 2.45) is 11.8 Å². The Morgan fingerprint density at radius 1 is 1.38 bits per heavy atom. The number of thiophene rings is 1. The van der Waals surface area contributed by atoms with Crippen molar-refractivity contribution >= 4 is 27.5 Å². The van der Waals surface area contributed by atoms with Gasteiger partial charge in [-0.05, 0) is 48.6 Å². The predicted molar refractivity (Wildman–Crippen MR) is 99.6 cm³/mol. The minimum atomic E-state index is 0.164. The zero-order chi connectivity index (χ0) is 16.7. The van der Waals surface area contributed by atoms with Crippen LogP contribution < -0.4 is 0 Å². The van der Waals surface area contributed by atoms with Crippen LogP contribution in [0.25, 0.3) is 10.2 Å². The van der Waals surface area contributed by atoms with Gasteiger partial charge in [0.2, 0.25) is 0 Å². The van der Waals surface area contributed by atoms with E-state index in [0.717, 1.165) is 43.2 Å². The van der Waals surface area contributed by atoms with Crippen molar-refractivity contribution in [2.75, 3.05) is 26.2 Å². The van der Waals surface area contributed by atoms with Gasteiger partial charge in [-0.3, -0.25) is 9.69 Å². The topological polar surface area (TPSA) is 39.3 Å². The van der Waals surface area contributed by atoms with Crippen molar-refractivity contribution in [3.63, 3.8) is 0 Å². The Hall–Kier alpha value is -1.33. The molecule has 2 aromatic heterocycles. The molecule has 1 saturated heterocycles. The van der Waals surface area contributed by atoms with E-state index in [2.05, 4.69) is 34.0 Å². The first-order valence-electron chi connectivity index (χ1n) is 9.21. The van der Waals surface area contributed by atoms with Crippen LogP contribution in [0.2, 0.25) is 0 Å². The molecule has 0 aromatic carbocycles. The maximum Gasteiger partial charge on any atom is 0.270 e. The van der Waals surface area contributed by atoms with E-state index in [4.69, 9.17) is 0 Å². The van der Waals surface area contributed by atoms with E-state index in [-0.39, 0.29) is 5.91 Å². The van der Waals surface area contributed by atoms with Gasteiger partial charge in [0.25, 0.3) is 5.91 Å². The smallest absolute Gasteiger partial charge is 0.270 e. The standard InChI is InChI=1S/C19H27N3OS/c1-13(2)17-12-22(8-3-7-21(17)11-14-4-5-14)19(23)16-10-18-15(20-16)6-9-24-18/h6,9-10,13-14,17,20H,3-5,7-8,11-12H2,1-2H3/t17-/m0/s1. The molecule has 24 heavy (non-hydrogen) atoms. The maximum atomic E-state index is 13.0. The Bertz CT molecular complexity index is 687. The first-order chi connectivity index (χ1) is 11.6. The number of hydrogen-bond acceptors (Lipinski definition) is 3. The van der Waals surface area contributed by atoms with Crippen LogP contribution in [0.1, 0.15) is 43.6 Å². The number of aromatic amines is 1. The third-order valence-corrected chi connectivity index (χ3v) is 6.33. The molecule has 0 radical (unpaired) electrons. The van der Waals surface area contributed by atoms with E-state index in [0.29, 0.717) is 12.0 Å². The van der Waals surface area contributed by atoms with E-state index in [1.54, 1.807) is 11.3 Å². The lowest BCUT2D eigenvalue weighted by Crippen LogP contribution is -2.46. The second-order valence-electron chi connectivity index (χ2n) is 7.74. The highest BCUT2D eigenvalue weighted by molar-refractivity contribution is 7.17. The number of hydrogen-bond donors (Lipinski definition) is 1. The van der Waals surface area contributed by atoms with Crippen LogP contribution in [0.5, 0.6) is 0 Å². The number of nitrogens with one attached hydrogen (secondary N) is 1. The van der Waals surface area contributed by atoms with E-state index in [1.807, 2.05) is 12.1 Å². The molecule has 2 aromatic rings. The Morgan fingerprint density at radius 2 is 2.21 bits per heavy atom. The van der Waals surface area contributed by atoms with Gasteiger partial charge in [-0.15, -0.1) is 11.3 Å². The summed E-state index contributed by atoms with van der Waals surface area (Å²) in [6.45, 7) is 8.67. The van der Waals surface area contributed by atoms with Crippen LogP contribution in [-0.4, -0.2) is 52.9 Å². The van der Waals surface area contributed by atoms with Gasteiger partial charge in [0, 0.05) is 32.2 Å². The van der Waals surface area contributed by atoms with E-state index in [1.165, 1.54) is 24.1 Å². The van der Waals surface area contributed by atoms with E-state index >= 15 is 0 Å². The summed E-state index contributed by atoms with van der Waals surface area (Å²) in [6.07, 6.45) is 3.86. The molecule has 0 bridgehead atoms. The Kier molecular flexibility index (Phi) is 4.39. The van der Waals surface area contributed by atoms with Gasteiger partial charge in [-0.2, -0.15) is 0 Å². The zero-order valence-electron chi connectivity index (χ0n) is 14.6. The summed E-state index contributed by atoms with van der Waals surface area (Å²) < 4.78 is 1.17. The quantitative estimate of drug-likeness (QED) is 0.915. The van der Waals surface area contributed by atoms with Crippen molar-refractivity contribution in [2.45, 2.75) is 39.2 Å². The molecule has 1 N–H and O–H groups in total. The molecule has 1 aliphatic heterocycles. The lowest BCUT2D eigenvalue weighted by Gasteiger charge is -2.34. The first-order valence-corrected chi connectivity index (χ1v) is 10.1. The van der Waals surface area contributed by atoms with E-state index in [9.17, 15) is 4.79 Å². The van der Waals surface area contributed by atoms with Gasteiger partial charge in [-0.1, -0.05) is 13.8 Å². The monoisotopic (exact) mass is 345 g/mol. The summed E-state index contributed by atoms with van der Waals surface area (Å²) in [6, 6.07) is 4.54. The fourth-order valence-electron chi connectivity index (χ4n) is 3.87. The van der Waals surface area contributed by atoms with Gasteiger partial charge in [0.1, 0.15) is 5.69 Å². The Morgan fingerprint density at radius 3 is 2.92 bits per heavy atom. The summed E-state index contributed by atoms with van der Waals surface area (Å²) in [4.78, 5) is 21.0. The highest BCUT2D eigenvalue weighted by atomic mass is 32.1. The largest absolute Gasteiger partial charge is 0.350 e. The molecule has 1 saturated carbocycles.